The summed E-state index contributed by atoms with van der Waals surface area (Å²) in [6.45, 7) is 8.50. The van der Waals surface area contributed by atoms with Crippen LogP contribution in [0.25, 0.3) is 0 Å². The van der Waals surface area contributed by atoms with Crippen molar-refractivity contribution in [2.45, 2.75) is 33.6 Å². The van der Waals surface area contributed by atoms with E-state index in [0.717, 1.165) is 0 Å². The number of ether oxygens (including phenoxy) is 1. The van der Waals surface area contributed by atoms with E-state index in [1.54, 1.807) is 16.9 Å². The molecule has 6 heteroatoms. The molecule has 1 aliphatic rings. The fraction of sp³-hybridized carbons (Fsp3) is 0.867. The minimum Gasteiger partial charge on any atom is -0.481 e. The molecule has 21 heavy (non-hydrogen) atoms. The van der Waals surface area contributed by atoms with Crippen molar-refractivity contribution in [1.82, 2.24) is 9.80 Å². The third kappa shape index (κ3) is 4.33. The van der Waals surface area contributed by atoms with Crippen molar-refractivity contribution >= 4 is 12.0 Å². The number of hydrogen-bond acceptors (Lipinski definition) is 3. The lowest BCUT2D eigenvalue weighted by Gasteiger charge is -2.30. The number of nitrogens with zero attached hydrogens (tertiary/aromatic N) is 2. The van der Waals surface area contributed by atoms with E-state index >= 15 is 0 Å². The maximum atomic E-state index is 12.6. The molecule has 1 unspecified atom stereocenters. The number of likely N-dealkylation sites (tertiary alicyclic amines) is 1. The largest absolute Gasteiger partial charge is 0.481 e. The number of carbonyl (C=O) groups excluding carboxylic acids is 1. The van der Waals surface area contributed by atoms with Crippen molar-refractivity contribution in [2.75, 3.05) is 39.9 Å². The van der Waals surface area contributed by atoms with Crippen LogP contribution in [0.1, 0.15) is 33.6 Å². The van der Waals surface area contributed by atoms with Crippen LogP contribution >= 0.6 is 0 Å². The normalized spacial score (nSPS) is 21.9. The van der Waals surface area contributed by atoms with Gasteiger partial charge >= 0.3 is 12.0 Å². The van der Waals surface area contributed by atoms with E-state index in [-0.39, 0.29) is 6.03 Å². The molecule has 1 fully saturated rings. The van der Waals surface area contributed by atoms with E-state index in [4.69, 9.17) is 4.74 Å². The van der Waals surface area contributed by atoms with E-state index in [1.165, 1.54) is 0 Å². The van der Waals surface area contributed by atoms with Gasteiger partial charge in [-0.3, -0.25) is 4.79 Å². The standard InChI is InChI=1S/C15H28N2O4/c1-5-15(13(18)19)6-7-17(11-15)14(20)16(8-9-21-4)10-12(2)3/h12H,5-11H2,1-4H3,(H,18,19). The molecule has 1 N–H and O–H groups in total. The highest BCUT2D eigenvalue weighted by molar-refractivity contribution is 5.79. The summed E-state index contributed by atoms with van der Waals surface area (Å²) < 4.78 is 5.06. The predicted octanol–water partition coefficient (Wildman–Crippen LogP) is 1.90. The van der Waals surface area contributed by atoms with E-state index in [0.29, 0.717) is 51.5 Å². The second kappa shape index (κ2) is 7.64. The fourth-order valence-electron chi connectivity index (χ4n) is 2.76. The lowest BCUT2D eigenvalue weighted by Crippen LogP contribution is -2.46. The maximum Gasteiger partial charge on any atom is 0.320 e. The molecule has 0 saturated carbocycles. The Morgan fingerprint density at radius 3 is 2.52 bits per heavy atom. The van der Waals surface area contributed by atoms with Crippen molar-refractivity contribution in [1.29, 1.82) is 0 Å². The molecule has 0 radical (unpaired) electrons. The van der Waals surface area contributed by atoms with Gasteiger partial charge in [-0.05, 0) is 18.8 Å². The lowest BCUT2D eigenvalue weighted by atomic mass is 9.84. The first-order chi connectivity index (χ1) is 9.86. The second-order valence-electron chi connectivity index (χ2n) is 6.23. The Balaban J connectivity index is 2.74. The Bertz CT molecular complexity index is 373. The molecule has 1 heterocycles. The smallest absolute Gasteiger partial charge is 0.320 e. The average Bonchev–Trinajstić information content (AvgIpc) is 2.88. The van der Waals surface area contributed by atoms with Gasteiger partial charge in [0.1, 0.15) is 0 Å². The molecule has 0 bridgehead atoms. The molecule has 0 aromatic heterocycles. The van der Waals surface area contributed by atoms with Gasteiger partial charge < -0.3 is 19.6 Å². The number of amides is 2. The van der Waals surface area contributed by atoms with Crippen molar-refractivity contribution in [3.05, 3.63) is 0 Å². The van der Waals surface area contributed by atoms with Crippen LogP contribution in [-0.2, 0) is 9.53 Å². The van der Waals surface area contributed by atoms with E-state index in [9.17, 15) is 14.7 Å². The molecule has 6 nitrogen and oxygen atoms in total. The number of rotatable bonds is 7. The van der Waals surface area contributed by atoms with Crippen LogP contribution in [0.3, 0.4) is 0 Å². The van der Waals surface area contributed by atoms with E-state index in [2.05, 4.69) is 13.8 Å². The van der Waals surface area contributed by atoms with Crippen LogP contribution in [0.5, 0.6) is 0 Å². The van der Waals surface area contributed by atoms with Crippen molar-refractivity contribution in [3.8, 4) is 0 Å². The highest BCUT2D eigenvalue weighted by Gasteiger charge is 2.45. The van der Waals surface area contributed by atoms with E-state index in [1.807, 2.05) is 6.92 Å². The Morgan fingerprint density at radius 2 is 2.10 bits per heavy atom. The molecule has 0 aliphatic carbocycles. The lowest BCUT2D eigenvalue weighted by molar-refractivity contribution is -0.148. The summed E-state index contributed by atoms with van der Waals surface area (Å²) in [6.07, 6.45) is 1.08. The van der Waals surface area contributed by atoms with Gasteiger partial charge in [-0.1, -0.05) is 20.8 Å². The number of hydrogen-bond donors (Lipinski definition) is 1. The van der Waals surface area contributed by atoms with Gasteiger partial charge in [-0.2, -0.15) is 0 Å². The van der Waals surface area contributed by atoms with Crippen molar-refractivity contribution < 1.29 is 19.4 Å². The van der Waals surface area contributed by atoms with Crippen LogP contribution < -0.4 is 0 Å². The summed E-state index contributed by atoms with van der Waals surface area (Å²) in [5.74, 6) is -0.434. The first kappa shape index (κ1) is 17.8. The molecule has 1 aliphatic heterocycles. The van der Waals surface area contributed by atoms with Crippen LogP contribution in [0.4, 0.5) is 4.79 Å². The van der Waals surface area contributed by atoms with Gasteiger partial charge in [0.05, 0.1) is 12.0 Å². The quantitative estimate of drug-likeness (QED) is 0.779. The monoisotopic (exact) mass is 300 g/mol. The molecule has 1 atom stereocenters. The van der Waals surface area contributed by atoms with Gasteiger partial charge in [0.25, 0.3) is 0 Å². The molecular formula is C15H28N2O4. The zero-order chi connectivity index (χ0) is 16.0. The number of methoxy groups -OCH3 is 1. The van der Waals surface area contributed by atoms with Crippen LogP contribution in [0, 0.1) is 11.3 Å². The molecular weight excluding hydrogens is 272 g/mol. The third-order valence-electron chi connectivity index (χ3n) is 4.18. The summed E-state index contributed by atoms with van der Waals surface area (Å²) >= 11 is 0. The first-order valence-corrected chi connectivity index (χ1v) is 7.62. The van der Waals surface area contributed by atoms with Gasteiger partial charge in [0.15, 0.2) is 0 Å². The topological polar surface area (TPSA) is 70.1 Å². The number of carboxylic acid groups (broad SMARTS) is 1. The maximum absolute atomic E-state index is 12.6. The van der Waals surface area contributed by atoms with Gasteiger partial charge in [0, 0.05) is 33.3 Å². The molecule has 0 aromatic carbocycles. The Kier molecular flexibility index (Phi) is 6.45. The summed E-state index contributed by atoms with van der Waals surface area (Å²) in [5, 5.41) is 9.42. The summed E-state index contributed by atoms with van der Waals surface area (Å²) in [7, 11) is 1.61. The highest BCUT2D eigenvalue weighted by Crippen LogP contribution is 2.34. The predicted molar refractivity (Wildman–Crippen MR) is 80.2 cm³/mol. The highest BCUT2D eigenvalue weighted by atomic mass is 16.5. The molecule has 2 amide bonds. The summed E-state index contributed by atoms with van der Waals surface area (Å²) in [4.78, 5) is 27.5. The zero-order valence-corrected chi connectivity index (χ0v) is 13.6. The molecule has 122 valence electrons. The minimum absolute atomic E-state index is 0.0719. The Morgan fingerprint density at radius 1 is 1.43 bits per heavy atom. The zero-order valence-electron chi connectivity index (χ0n) is 13.6. The first-order valence-electron chi connectivity index (χ1n) is 7.62. The SMILES string of the molecule is CCC1(C(=O)O)CCN(C(=O)N(CCOC)CC(C)C)C1. The van der Waals surface area contributed by atoms with Crippen molar-refractivity contribution in [3.63, 3.8) is 0 Å². The van der Waals surface area contributed by atoms with Crippen molar-refractivity contribution in [2.24, 2.45) is 11.3 Å². The number of aliphatic carboxylic acids is 1. The molecule has 1 saturated heterocycles. The molecule has 0 spiro atoms. The fourth-order valence-corrected chi connectivity index (χ4v) is 2.76. The Hall–Kier alpha value is -1.30. The number of carbonyl (C=O) groups is 2. The number of urea groups is 1. The molecule has 0 aromatic rings. The van der Waals surface area contributed by atoms with E-state index < -0.39 is 11.4 Å². The summed E-state index contributed by atoms with van der Waals surface area (Å²) in [5.41, 5.74) is -0.777. The average molecular weight is 300 g/mol. The van der Waals surface area contributed by atoms with Crippen LogP contribution in [-0.4, -0.2) is 66.8 Å². The molecule has 1 rings (SSSR count). The van der Waals surface area contributed by atoms with Crippen LogP contribution in [0.2, 0.25) is 0 Å². The second-order valence-corrected chi connectivity index (χ2v) is 6.23. The van der Waals surface area contributed by atoms with Gasteiger partial charge in [0.2, 0.25) is 0 Å². The summed E-state index contributed by atoms with van der Waals surface area (Å²) in [6, 6.07) is -0.0719. The Labute approximate surface area is 127 Å². The minimum atomic E-state index is -0.799. The van der Waals surface area contributed by atoms with Crippen LogP contribution in [0.15, 0.2) is 0 Å². The van der Waals surface area contributed by atoms with Gasteiger partial charge in [-0.25, -0.2) is 4.79 Å². The number of carboxylic acids is 1. The van der Waals surface area contributed by atoms with Gasteiger partial charge in [-0.15, -0.1) is 0 Å². The third-order valence-corrected chi connectivity index (χ3v) is 4.18.